The van der Waals surface area contributed by atoms with Gasteiger partial charge in [-0.15, -0.1) is 0 Å². The Balaban J connectivity index is 2.53. The quantitative estimate of drug-likeness (QED) is 0.876. The Morgan fingerprint density at radius 1 is 1.33 bits per heavy atom. The van der Waals surface area contributed by atoms with Gasteiger partial charge < -0.3 is 10.1 Å². The number of nitrogens with zero attached hydrogens (tertiary/aromatic N) is 1. The maximum Gasteiger partial charge on any atom is 0.142 e. The first-order valence-electron chi connectivity index (χ1n) is 6.85. The third kappa shape index (κ3) is 3.52. The van der Waals surface area contributed by atoms with Crippen LogP contribution in [-0.4, -0.2) is 18.6 Å². The highest BCUT2D eigenvalue weighted by molar-refractivity contribution is 6.31. The summed E-state index contributed by atoms with van der Waals surface area (Å²) in [7, 11) is 1.57. The van der Waals surface area contributed by atoms with Crippen molar-refractivity contribution in [1.29, 1.82) is 0 Å². The summed E-state index contributed by atoms with van der Waals surface area (Å²) in [4.78, 5) is 4.35. The molecule has 1 aromatic heterocycles. The molecule has 0 bridgehead atoms. The minimum absolute atomic E-state index is 0.358. The molecule has 0 aliphatic carbocycles. The van der Waals surface area contributed by atoms with Crippen LogP contribution in [0.2, 0.25) is 5.02 Å². The minimum Gasteiger partial charge on any atom is -0.495 e. The molecule has 0 saturated carbocycles. The predicted molar refractivity (Wildman–Crippen MR) is 82.3 cm³/mol. The maximum absolute atomic E-state index is 14.3. The van der Waals surface area contributed by atoms with Gasteiger partial charge in [0.2, 0.25) is 0 Å². The number of hydrogen-bond donors (Lipinski definition) is 1. The first-order valence-corrected chi connectivity index (χ1v) is 7.23. The van der Waals surface area contributed by atoms with Gasteiger partial charge in [-0.25, -0.2) is 4.39 Å². The van der Waals surface area contributed by atoms with E-state index < -0.39 is 6.04 Å². The molecule has 0 radical (unpaired) electrons. The lowest BCUT2D eigenvalue weighted by atomic mass is 10.0. The molecule has 0 amide bonds. The monoisotopic (exact) mass is 308 g/mol. The summed E-state index contributed by atoms with van der Waals surface area (Å²) in [5.74, 6) is 0.245. The largest absolute Gasteiger partial charge is 0.495 e. The third-order valence-electron chi connectivity index (χ3n) is 3.18. The second-order valence-corrected chi connectivity index (χ2v) is 5.02. The Kier molecular flexibility index (Phi) is 5.53. The Labute approximate surface area is 129 Å². The lowest BCUT2D eigenvalue weighted by Crippen LogP contribution is -2.25. The molecule has 2 rings (SSSR count). The summed E-state index contributed by atoms with van der Waals surface area (Å²) in [6.07, 6.45) is 2.57. The van der Waals surface area contributed by atoms with E-state index >= 15 is 0 Å². The molecule has 0 aliphatic heterocycles. The van der Waals surface area contributed by atoms with E-state index in [1.165, 1.54) is 6.07 Å². The zero-order valence-corrected chi connectivity index (χ0v) is 12.8. The molecule has 0 spiro atoms. The Bertz CT molecular complexity index is 586. The summed E-state index contributed by atoms with van der Waals surface area (Å²) >= 11 is 6.20. The maximum atomic E-state index is 14.3. The van der Waals surface area contributed by atoms with E-state index in [9.17, 15) is 4.39 Å². The van der Waals surface area contributed by atoms with Crippen LogP contribution in [0.4, 0.5) is 4.39 Å². The highest BCUT2D eigenvalue weighted by Gasteiger charge is 2.24. The Hall–Kier alpha value is -1.65. The van der Waals surface area contributed by atoms with Crippen LogP contribution in [0, 0.1) is 5.82 Å². The van der Waals surface area contributed by atoms with E-state index in [1.807, 2.05) is 6.92 Å². The molecule has 3 nitrogen and oxygen atoms in total. The summed E-state index contributed by atoms with van der Waals surface area (Å²) < 4.78 is 19.6. The number of ether oxygens (including phenoxy) is 1. The van der Waals surface area contributed by atoms with E-state index in [1.54, 1.807) is 37.6 Å². The molecule has 112 valence electrons. The minimum atomic E-state index is -0.449. The number of pyridine rings is 1. The number of nitrogens with one attached hydrogen (secondary N) is 1. The fourth-order valence-corrected chi connectivity index (χ4v) is 2.47. The summed E-state index contributed by atoms with van der Waals surface area (Å²) in [6, 6.07) is 7.80. The number of benzene rings is 1. The van der Waals surface area contributed by atoms with E-state index in [-0.39, 0.29) is 5.82 Å². The second kappa shape index (κ2) is 7.38. The Morgan fingerprint density at radius 2 is 2.14 bits per heavy atom. The first-order chi connectivity index (χ1) is 10.2. The van der Waals surface area contributed by atoms with E-state index in [0.717, 1.165) is 13.0 Å². The average Bonchev–Trinajstić information content (AvgIpc) is 2.50. The lowest BCUT2D eigenvalue weighted by Gasteiger charge is -2.22. The highest BCUT2D eigenvalue weighted by atomic mass is 35.5. The molecule has 0 aliphatic rings. The van der Waals surface area contributed by atoms with Crippen LogP contribution in [0.5, 0.6) is 5.75 Å². The van der Waals surface area contributed by atoms with Crippen molar-refractivity contribution in [3.63, 3.8) is 0 Å². The molecule has 1 aromatic carbocycles. The van der Waals surface area contributed by atoms with E-state index in [0.29, 0.717) is 22.0 Å². The van der Waals surface area contributed by atoms with Crippen molar-refractivity contribution in [1.82, 2.24) is 10.3 Å². The smallest absolute Gasteiger partial charge is 0.142 e. The van der Waals surface area contributed by atoms with Crippen molar-refractivity contribution in [2.45, 2.75) is 19.4 Å². The van der Waals surface area contributed by atoms with E-state index in [4.69, 9.17) is 16.3 Å². The van der Waals surface area contributed by atoms with Gasteiger partial charge in [0.1, 0.15) is 17.3 Å². The number of aromatic nitrogens is 1. The van der Waals surface area contributed by atoms with Crippen LogP contribution in [0.25, 0.3) is 0 Å². The van der Waals surface area contributed by atoms with Gasteiger partial charge in [0.25, 0.3) is 0 Å². The van der Waals surface area contributed by atoms with Gasteiger partial charge in [-0.3, -0.25) is 4.98 Å². The number of halogens is 2. The standard InChI is InChI=1S/C16H18ClFN2O/c1-3-9-19-16(14-11(17)6-4-7-12(14)18)15-13(21-2)8-5-10-20-15/h4-8,10,16,19H,3,9H2,1-2H3. The van der Waals surface area contributed by atoms with Crippen LogP contribution < -0.4 is 10.1 Å². The van der Waals surface area contributed by atoms with Crippen molar-refractivity contribution in [3.8, 4) is 5.75 Å². The van der Waals surface area contributed by atoms with Crippen molar-refractivity contribution >= 4 is 11.6 Å². The summed E-state index contributed by atoms with van der Waals surface area (Å²) in [5.41, 5.74) is 1.02. The van der Waals surface area contributed by atoms with Crippen LogP contribution in [0.3, 0.4) is 0 Å². The van der Waals surface area contributed by atoms with Crippen molar-refractivity contribution < 1.29 is 9.13 Å². The van der Waals surface area contributed by atoms with Gasteiger partial charge in [0, 0.05) is 16.8 Å². The first kappa shape index (κ1) is 15.7. The molecule has 2 aromatic rings. The topological polar surface area (TPSA) is 34.2 Å². The molecule has 21 heavy (non-hydrogen) atoms. The average molecular weight is 309 g/mol. The summed E-state index contributed by atoms with van der Waals surface area (Å²) in [6.45, 7) is 2.76. The second-order valence-electron chi connectivity index (χ2n) is 4.61. The predicted octanol–water partition coefficient (Wildman–Crippen LogP) is 3.97. The molecule has 1 N–H and O–H groups in total. The molecule has 1 unspecified atom stereocenters. The zero-order valence-electron chi connectivity index (χ0n) is 12.1. The summed E-state index contributed by atoms with van der Waals surface area (Å²) in [5, 5.41) is 3.66. The fraction of sp³-hybridized carbons (Fsp3) is 0.312. The molecule has 1 atom stereocenters. The van der Waals surface area contributed by atoms with Crippen LogP contribution >= 0.6 is 11.6 Å². The van der Waals surface area contributed by atoms with Gasteiger partial charge in [-0.2, -0.15) is 0 Å². The normalized spacial score (nSPS) is 12.2. The molecular weight excluding hydrogens is 291 g/mol. The van der Waals surface area contributed by atoms with Crippen molar-refractivity contribution in [3.05, 3.63) is 58.6 Å². The van der Waals surface area contributed by atoms with Crippen molar-refractivity contribution in [2.24, 2.45) is 0 Å². The van der Waals surface area contributed by atoms with Crippen LogP contribution in [-0.2, 0) is 0 Å². The molecule has 0 saturated heterocycles. The Morgan fingerprint density at radius 3 is 2.81 bits per heavy atom. The fourth-order valence-electron chi connectivity index (χ4n) is 2.20. The lowest BCUT2D eigenvalue weighted by molar-refractivity contribution is 0.398. The molecule has 5 heteroatoms. The molecule has 0 fully saturated rings. The van der Waals surface area contributed by atoms with Gasteiger partial charge >= 0.3 is 0 Å². The van der Waals surface area contributed by atoms with E-state index in [2.05, 4.69) is 10.3 Å². The number of rotatable bonds is 6. The van der Waals surface area contributed by atoms with Gasteiger partial charge in [-0.1, -0.05) is 24.6 Å². The highest BCUT2D eigenvalue weighted by Crippen LogP contribution is 2.33. The molecule has 1 heterocycles. The SMILES string of the molecule is CCCNC(c1ncccc1OC)c1c(F)cccc1Cl. The van der Waals surface area contributed by atoms with Crippen LogP contribution in [0.1, 0.15) is 30.6 Å². The van der Waals surface area contributed by atoms with Crippen molar-refractivity contribution in [2.75, 3.05) is 13.7 Å². The zero-order chi connectivity index (χ0) is 15.2. The van der Waals surface area contributed by atoms with Gasteiger partial charge in [0.15, 0.2) is 0 Å². The third-order valence-corrected chi connectivity index (χ3v) is 3.51. The van der Waals surface area contributed by atoms with Gasteiger partial charge in [-0.05, 0) is 37.2 Å². The van der Waals surface area contributed by atoms with Crippen LogP contribution in [0.15, 0.2) is 36.5 Å². The molecular formula is C16H18ClFN2O. The number of hydrogen-bond acceptors (Lipinski definition) is 3. The number of methoxy groups -OCH3 is 1. The van der Waals surface area contributed by atoms with Gasteiger partial charge in [0.05, 0.1) is 13.2 Å².